The molecule has 0 aromatic carbocycles. The minimum atomic E-state index is -0.324. The lowest BCUT2D eigenvalue weighted by Gasteiger charge is -2.00. The van der Waals surface area contributed by atoms with Gasteiger partial charge in [-0.15, -0.1) is 11.3 Å². The first-order valence-electron chi connectivity index (χ1n) is 4.93. The zero-order valence-electron chi connectivity index (χ0n) is 9.09. The van der Waals surface area contributed by atoms with Crippen molar-refractivity contribution in [3.8, 4) is 6.07 Å². The number of carbonyl (C=O) groups excluding carboxylic acids is 1. The summed E-state index contributed by atoms with van der Waals surface area (Å²) in [5, 5.41) is 11.6. The van der Waals surface area contributed by atoms with Crippen molar-refractivity contribution in [3.05, 3.63) is 24.8 Å². The smallest absolute Gasteiger partial charge is 0.261 e. The Kier molecular flexibility index (Phi) is 5.89. The minimum Gasteiger partial charge on any atom is -0.351 e. The molecule has 0 bridgehead atoms. The Hall–Kier alpha value is -0.640. The van der Waals surface area contributed by atoms with Crippen LogP contribution in [0.2, 0.25) is 0 Å². The number of nitriles is 1. The molecule has 0 aliphatic carbocycles. The molecular formula is C11H10Br2N2OS. The molecule has 0 atom stereocenters. The monoisotopic (exact) mass is 376 g/mol. The minimum absolute atomic E-state index is 0.125. The van der Waals surface area contributed by atoms with Gasteiger partial charge in [0.15, 0.2) is 0 Å². The zero-order chi connectivity index (χ0) is 12.8. The van der Waals surface area contributed by atoms with Gasteiger partial charge in [-0.25, -0.2) is 0 Å². The number of carbonyl (C=O) groups is 1. The SMILES string of the molecule is CCCNC(=O)/C(C#N)=C/c1cc(Br)c(Br)s1. The number of thiophene rings is 1. The molecule has 1 aromatic rings. The number of nitrogens with zero attached hydrogens (tertiary/aromatic N) is 1. The van der Waals surface area contributed by atoms with E-state index in [0.29, 0.717) is 6.54 Å². The largest absolute Gasteiger partial charge is 0.351 e. The molecule has 0 unspecified atom stereocenters. The van der Waals surface area contributed by atoms with Gasteiger partial charge in [0.05, 0.1) is 3.79 Å². The predicted octanol–water partition coefficient (Wildman–Crippen LogP) is 3.71. The maximum absolute atomic E-state index is 11.6. The van der Waals surface area contributed by atoms with E-state index in [9.17, 15) is 4.79 Å². The van der Waals surface area contributed by atoms with Crippen LogP contribution in [0.3, 0.4) is 0 Å². The molecule has 0 saturated heterocycles. The molecule has 1 amide bonds. The van der Waals surface area contributed by atoms with Gasteiger partial charge in [-0.05, 0) is 50.4 Å². The summed E-state index contributed by atoms with van der Waals surface area (Å²) >= 11 is 8.19. The van der Waals surface area contributed by atoms with E-state index in [0.717, 1.165) is 19.6 Å². The lowest BCUT2D eigenvalue weighted by molar-refractivity contribution is -0.117. The fourth-order valence-corrected chi connectivity index (χ4v) is 3.09. The molecule has 1 N–H and O–H groups in total. The Balaban J connectivity index is 2.87. The first-order valence-corrected chi connectivity index (χ1v) is 7.33. The molecule has 1 heterocycles. The van der Waals surface area contributed by atoms with Gasteiger partial charge in [-0.1, -0.05) is 6.92 Å². The van der Waals surface area contributed by atoms with Crippen LogP contribution < -0.4 is 5.32 Å². The molecule has 3 nitrogen and oxygen atoms in total. The van der Waals surface area contributed by atoms with Gasteiger partial charge in [-0.3, -0.25) is 4.79 Å². The number of amides is 1. The van der Waals surface area contributed by atoms with Crippen LogP contribution in [0.1, 0.15) is 18.2 Å². The molecule has 1 aromatic heterocycles. The Morgan fingerprint density at radius 2 is 2.35 bits per heavy atom. The van der Waals surface area contributed by atoms with Crippen LogP contribution in [0.25, 0.3) is 6.08 Å². The van der Waals surface area contributed by atoms with Crippen LogP contribution in [0, 0.1) is 11.3 Å². The van der Waals surface area contributed by atoms with Crippen molar-refractivity contribution in [1.82, 2.24) is 5.32 Å². The lowest BCUT2D eigenvalue weighted by atomic mass is 10.2. The number of nitrogens with one attached hydrogen (secondary N) is 1. The molecule has 0 aliphatic heterocycles. The summed E-state index contributed by atoms with van der Waals surface area (Å²) in [7, 11) is 0. The van der Waals surface area contributed by atoms with E-state index in [-0.39, 0.29) is 11.5 Å². The van der Waals surface area contributed by atoms with Crippen LogP contribution in [0.4, 0.5) is 0 Å². The normalized spacial score (nSPS) is 11.1. The van der Waals surface area contributed by atoms with E-state index in [1.807, 2.05) is 19.1 Å². The Morgan fingerprint density at radius 3 is 2.82 bits per heavy atom. The van der Waals surface area contributed by atoms with E-state index >= 15 is 0 Å². The highest BCUT2D eigenvalue weighted by atomic mass is 79.9. The van der Waals surface area contributed by atoms with Gasteiger partial charge in [0, 0.05) is 15.9 Å². The fourth-order valence-electron chi connectivity index (χ4n) is 1.06. The maximum Gasteiger partial charge on any atom is 0.261 e. The van der Waals surface area contributed by atoms with Crippen molar-refractivity contribution in [2.24, 2.45) is 0 Å². The first kappa shape index (κ1) is 14.4. The predicted molar refractivity (Wildman–Crippen MR) is 76.6 cm³/mol. The summed E-state index contributed by atoms with van der Waals surface area (Å²) in [5.41, 5.74) is 0.125. The van der Waals surface area contributed by atoms with Crippen LogP contribution >= 0.6 is 43.2 Å². The molecule has 17 heavy (non-hydrogen) atoms. The van der Waals surface area contributed by atoms with Gasteiger partial charge >= 0.3 is 0 Å². The second-order valence-electron chi connectivity index (χ2n) is 3.20. The second kappa shape index (κ2) is 6.94. The van der Waals surface area contributed by atoms with Gasteiger partial charge in [-0.2, -0.15) is 5.26 Å². The van der Waals surface area contributed by atoms with Crippen molar-refractivity contribution in [2.75, 3.05) is 6.54 Å². The summed E-state index contributed by atoms with van der Waals surface area (Å²) in [6.45, 7) is 2.54. The van der Waals surface area contributed by atoms with Crippen LogP contribution in [0.15, 0.2) is 19.9 Å². The number of halogens is 2. The number of hydrogen-bond acceptors (Lipinski definition) is 3. The van der Waals surface area contributed by atoms with Gasteiger partial charge in [0.1, 0.15) is 11.6 Å². The molecular weight excluding hydrogens is 368 g/mol. The summed E-state index contributed by atoms with van der Waals surface area (Å²) in [5.74, 6) is -0.324. The zero-order valence-corrected chi connectivity index (χ0v) is 13.1. The van der Waals surface area contributed by atoms with Crippen molar-refractivity contribution in [2.45, 2.75) is 13.3 Å². The Labute approximate surface area is 121 Å². The molecule has 0 saturated carbocycles. The molecule has 0 spiro atoms. The van der Waals surface area contributed by atoms with Crippen molar-refractivity contribution < 1.29 is 4.79 Å². The average Bonchev–Trinajstić information content (AvgIpc) is 2.62. The van der Waals surface area contributed by atoms with Crippen molar-refractivity contribution in [3.63, 3.8) is 0 Å². The van der Waals surface area contributed by atoms with E-state index in [1.54, 1.807) is 6.08 Å². The van der Waals surface area contributed by atoms with Crippen LogP contribution in [-0.2, 0) is 4.79 Å². The third-order valence-electron chi connectivity index (χ3n) is 1.85. The summed E-state index contributed by atoms with van der Waals surface area (Å²) in [6, 6.07) is 3.77. The van der Waals surface area contributed by atoms with E-state index in [2.05, 4.69) is 37.2 Å². The van der Waals surface area contributed by atoms with Gasteiger partial charge in [0.25, 0.3) is 5.91 Å². The third-order valence-corrected chi connectivity index (χ3v) is 5.05. The van der Waals surface area contributed by atoms with E-state index in [4.69, 9.17) is 5.26 Å². The Morgan fingerprint density at radius 1 is 1.65 bits per heavy atom. The van der Waals surface area contributed by atoms with E-state index in [1.165, 1.54) is 11.3 Å². The highest BCUT2D eigenvalue weighted by molar-refractivity contribution is 9.13. The quantitative estimate of drug-likeness (QED) is 0.642. The first-order chi connectivity index (χ1) is 8.08. The third kappa shape index (κ3) is 4.26. The fraction of sp³-hybridized carbons (Fsp3) is 0.273. The van der Waals surface area contributed by atoms with Gasteiger partial charge < -0.3 is 5.32 Å². The molecule has 6 heteroatoms. The molecule has 0 aliphatic rings. The topological polar surface area (TPSA) is 52.9 Å². The average molecular weight is 378 g/mol. The van der Waals surface area contributed by atoms with E-state index < -0.39 is 0 Å². The highest BCUT2D eigenvalue weighted by Crippen LogP contribution is 2.33. The van der Waals surface area contributed by atoms with Crippen LogP contribution in [-0.4, -0.2) is 12.5 Å². The summed E-state index contributed by atoms with van der Waals surface area (Å²) in [6.07, 6.45) is 2.44. The molecule has 1 rings (SSSR count). The summed E-state index contributed by atoms with van der Waals surface area (Å²) in [4.78, 5) is 12.5. The maximum atomic E-state index is 11.6. The van der Waals surface area contributed by atoms with Crippen molar-refractivity contribution in [1.29, 1.82) is 5.26 Å². The van der Waals surface area contributed by atoms with Crippen molar-refractivity contribution >= 4 is 55.2 Å². The molecule has 0 fully saturated rings. The highest BCUT2D eigenvalue weighted by Gasteiger charge is 2.09. The van der Waals surface area contributed by atoms with Gasteiger partial charge in [0.2, 0.25) is 0 Å². The van der Waals surface area contributed by atoms with Crippen LogP contribution in [0.5, 0.6) is 0 Å². The summed E-state index contributed by atoms with van der Waals surface area (Å²) < 4.78 is 1.86. The number of hydrogen-bond donors (Lipinski definition) is 1. The molecule has 90 valence electrons. The molecule has 0 radical (unpaired) electrons. The lowest BCUT2D eigenvalue weighted by Crippen LogP contribution is -2.24. The second-order valence-corrected chi connectivity index (χ2v) is 6.45. The number of rotatable bonds is 4. The standard InChI is InChI=1S/C11H10Br2N2OS/c1-2-3-15-11(16)7(6-14)4-8-5-9(12)10(13)17-8/h4-5H,2-3H2,1H3,(H,15,16)/b7-4+. The Bertz CT molecular complexity index is 469.